The lowest BCUT2D eigenvalue weighted by molar-refractivity contribution is 0.394. The van der Waals surface area contributed by atoms with Crippen LogP contribution in [0.3, 0.4) is 0 Å². The summed E-state index contributed by atoms with van der Waals surface area (Å²) >= 11 is 3.38. The van der Waals surface area contributed by atoms with Crippen molar-refractivity contribution in [3.05, 3.63) is 16.7 Å². The summed E-state index contributed by atoms with van der Waals surface area (Å²) in [6, 6.07) is 1.92. The minimum Gasteiger partial charge on any atom is -0.396 e. The van der Waals surface area contributed by atoms with Crippen LogP contribution in [0, 0.1) is 5.92 Å². The Kier molecular flexibility index (Phi) is 3.69. The molecule has 0 unspecified atom stereocenters. The van der Waals surface area contributed by atoms with Crippen molar-refractivity contribution in [3.8, 4) is 0 Å². The molecule has 2 N–H and O–H groups in total. The number of anilines is 2. The van der Waals surface area contributed by atoms with E-state index >= 15 is 0 Å². The molecule has 2 rings (SSSR count). The number of hydrogen-bond acceptors (Lipinski definition) is 3. The van der Waals surface area contributed by atoms with Crippen molar-refractivity contribution in [2.75, 3.05) is 23.7 Å². The van der Waals surface area contributed by atoms with E-state index in [9.17, 15) is 0 Å². The van der Waals surface area contributed by atoms with Crippen LogP contribution in [0.1, 0.15) is 26.2 Å². The van der Waals surface area contributed by atoms with Gasteiger partial charge < -0.3 is 10.6 Å². The molecule has 1 saturated heterocycles. The topological polar surface area (TPSA) is 42.2 Å². The summed E-state index contributed by atoms with van der Waals surface area (Å²) in [6.07, 6.45) is 5.62. The quantitative estimate of drug-likeness (QED) is 0.907. The number of nitrogens with two attached hydrogens (primary N) is 1. The molecule has 16 heavy (non-hydrogen) atoms. The van der Waals surface area contributed by atoms with Crippen molar-refractivity contribution in [2.24, 2.45) is 5.92 Å². The molecule has 0 aliphatic carbocycles. The zero-order valence-electron chi connectivity index (χ0n) is 9.62. The van der Waals surface area contributed by atoms with Crippen molar-refractivity contribution in [2.45, 2.75) is 26.2 Å². The number of nitrogens with zero attached hydrogens (tertiary/aromatic N) is 2. The van der Waals surface area contributed by atoms with Crippen LogP contribution >= 0.6 is 15.9 Å². The summed E-state index contributed by atoms with van der Waals surface area (Å²) in [7, 11) is 0. The Bertz CT molecular complexity index is 359. The van der Waals surface area contributed by atoms with E-state index in [4.69, 9.17) is 5.73 Å². The van der Waals surface area contributed by atoms with Gasteiger partial charge in [0.05, 0.1) is 5.69 Å². The van der Waals surface area contributed by atoms with Gasteiger partial charge in [-0.05, 0) is 40.8 Å². The predicted molar refractivity (Wildman–Crippen MR) is 71.6 cm³/mol. The first-order chi connectivity index (χ1) is 7.70. The van der Waals surface area contributed by atoms with Crippen LogP contribution in [-0.2, 0) is 0 Å². The standard InChI is InChI=1S/C12H18BrN3/c1-2-9-3-5-16(6-4-9)12-11(14)7-10(13)8-15-12/h7-9H,2-6,14H2,1H3. The van der Waals surface area contributed by atoms with Crippen molar-refractivity contribution >= 4 is 27.4 Å². The van der Waals surface area contributed by atoms with Gasteiger partial charge in [0.2, 0.25) is 0 Å². The Morgan fingerprint density at radius 3 is 2.75 bits per heavy atom. The van der Waals surface area contributed by atoms with E-state index in [1.54, 1.807) is 0 Å². The zero-order valence-corrected chi connectivity index (χ0v) is 11.2. The van der Waals surface area contributed by atoms with Crippen molar-refractivity contribution in [1.29, 1.82) is 0 Å². The zero-order chi connectivity index (χ0) is 11.5. The molecular weight excluding hydrogens is 266 g/mol. The SMILES string of the molecule is CCC1CCN(c2ncc(Br)cc2N)CC1. The molecule has 1 aliphatic rings. The number of rotatable bonds is 2. The first-order valence-corrected chi connectivity index (χ1v) is 6.66. The van der Waals surface area contributed by atoms with E-state index in [0.29, 0.717) is 0 Å². The van der Waals surface area contributed by atoms with Crippen LogP contribution in [0.25, 0.3) is 0 Å². The van der Waals surface area contributed by atoms with Crippen LogP contribution in [0.2, 0.25) is 0 Å². The molecular formula is C12H18BrN3. The molecule has 1 aromatic rings. The molecule has 0 saturated carbocycles. The van der Waals surface area contributed by atoms with E-state index in [0.717, 1.165) is 35.0 Å². The van der Waals surface area contributed by atoms with E-state index in [-0.39, 0.29) is 0 Å². The van der Waals surface area contributed by atoms with Crippen LogP contribution in [-0.4, -0.2) is 18.1 Å². The molecule has 2 heterocycles. The first kappa shape index (κ1) is 11.7. The summed E-state index contributed by atoms with van der Waals surface area (Å²) in [5.41, 5.74) is 6.75. The highest BCUT2D eigenvalue weighted by molar-refractivity contribution is 9.10. The smallest absolute Gasteiger partial charge is 0.151 e. The molecule has 88 valence electrons. The molecule has 0 bridgehead atoms. The summed E-state index contributed by atoms with van der Waals surface area (Å²) in [6.45, 7) is 4.43. The summed E-state index contributed by atoms with van der Waals surface area (Å²) in [4.78, 5) is 6.71. The van der Waals surface area contributed by atoms with Gasteiger partial charge >= 0.3 is 0 Å². The summed E-state index contributed by atoms with van der Waals surface area (Å²) < 4.78 is 0.942. The second kappa shape index (κ2) is 5.04. The second-order valence-corrected chi connectivity index (χ2v) is 5.32. The van der Waals surface area contributed by atoms with Crippen molar-refractivity contribution in [1.82, 2.24) is 4.98 Å². The van der Waals surface area contributed by atoms with Crippen molar-refractivity contribution in [3.63, 3.8) is 0 Å². The molecule has 4 heteroatoms. The molecule has 0 spiro atoms. The fraction of sp³-hybridized carbons (Fsp3) is 0.583. The maximum absolute atomic E-state index is 5.99. The Hall–Kier alpha value is -0.770. The van der Waals surface area contributed by atoms with E-state index < -0.39 is 0 Å². The minimum atomic E-state index is 0.768. The molecule has 1 aliphatic heterocycles. The maximum Gasteiger partial charge on any atom is 0.151 e. The normalized spacial score (nSPS) is 17.8. The van der Waals surface area contributed by atoms with Crippen LogP contribution in [0.15, 0.2) is 16.7 Å². The highest BCUT2D eigenvalue weighted by Gasteiger charge is 2.20. The summed E-state index contributed by atoms with van der Waals surface area (Å²) in [5, 5.41) is 0. The number of aromatic nitrogens is 1. The lowest BCUT2D eigenvalue weighted by atomic mass is 9.94. The van der Waals surface area contributed by atoms with E-state index in [2.05, 4.69) is 32.7 Å². The fourth-order valence-electron chi connectivity index (χ4n) is 2.26. The molecule has 3 nitrogen and oxygen atoms in total. The Labute approximate surface area is 105 Å². The first-order valence-electron chi connectivity index (χ1n) is 5.86. The van der Waals surface area contributed by atoms with Crippen LogP contribution in [0.4, 0.5) is 11.5 Å². The third-order valence-corrected chi connectivity index (χ3v) is 3.79. The maximum atomic E-state index is 5.99. The monoisotopic (exact) mass is 283 g/mol. The van der Waals surface area contributed by atoms with Gasteiger partial charge in [0.1, 0.15) is 0 Å². The van der Waals surface area contributed by atoms with Gasteiger partial charge in [-0.15, -0.1) is 0 Å². The Balaban J connectivity index is 2.08. The molecule has 1 fully saturated rings. The van der Waals surface area contributed by atoms with E-state index in [1.165, 1.54) is 19.3 Å². The average molecular weight is 284 g/mol. The lowest BCUT2D eigenvalue weighted by Crippen LogP contribution is -2.34. The van der Waals surface area contributed by atoms with Gasteiger partial charge in [0.25, 0.3) is 0 Å². The van der Waals surface area contributed by atoms with Gasteiger partial charge in [0.15, 0.2) is 5.82 Å². The van der Waals surface area contributed by atoms with Crippen LogP contribution < -0.4 is 10.6 Å². The largest absolute Gasteiger partial charge is 0.396 e. The number of pyridine rings is 1. The fourth-order valence-corrected chi connectivity index (χ4v) is 2.61. The summed E-state index contributed by atoms with van der Waals surface area (Å²) in [5.74, 6) is 1.82. The van der Waals surface area contributed by atoms with Crippen molar-refractivity contribution < 1.29 is 0 Å². The molecule has 0 aromatic carbocycles. The van der Waals surface area contributed by atoms with Gasteiger partial charge in [-0.1, -0.05) is 13.3 Å². The lowest BCUT2D eigenvalue weighted by Gasteiger charge is -2.32. The van der Waals surface area contributed by atoms with E-state index in [1.807, 2.05) is 12.3 Å². The molecule has 0 radical (unpaired) electrons. The predicted octanol–water partition coefficient (Wildman–Crippen LogP) is 3.05. The molecule has 0 atom stereocenters. The molecule has 1 aromatic heterocycles. The van der Waals surface area contributed by atoms with Gasteiger partial charge in [-0.3, -0.25) is 0 Å². The highest BCUT2D eigenvalue weighted by atomic mass is 79.9. The van der Waals surface area contributed by atoms with Gasteiger partial charge in [-0.25, -0.2) is 4.98 Å². The number of hydrogen-bond donors (Lipinski definition) is 1. The molecule has 0 amide bonds. The third-order valence-electron chi connectivity index (χ3n) is 3.35. The third kappa shape index (κ3) is 2.48. The number of piperidine rings is 1. The Morgan fingerprint density at radius 1 is 1.50 bits per heavy atom. The number of nitrogen functional groups attached to an aromatic ring is 1. The number of halogens is 1. The Morgan fingerprint density at radius 2 is 2.19 bits per heavy atom. The van der Waals surface area contributed by atoms with Gasteiger partial charge in [-0.2, -0.15) is 0 Å². The highest BCUT2D eigenvalue weighted by Crippen LogP contribution is 2.28. The van der Waals surface area contributed by atoms with Gasteiger partial charge in [0, 0.05) is 23.8 Å². The average Bonchev–Trinajstić information content (AvgIpc) is 2.29. The second-order valence-electron chi connectivity index (χ2n) is 4.41. The minimum absolute atomic E-state index is 0.768. The van der Waals surface area contributed by atoms with Crippen LogP contribution in [0.5, 0.6) is 0 Å².